The third-order valence-electron chi connectivity index (χ3n) is 18.3. The lowest BCUT2D eigenvalue weighted by Gasteiger charge is -2.45. The number of benzene rings is 13. The van der Waals surface area contributed by atoms with Crippen LogP contribution in [-0.4, -0.2) is 25.8 Å². The van der Waals surface area contributed by atoms with E-state index >= 15 is 0 Å². The normalized spacial score (nSPS) is 12.4. The summed E-state index contributed by atoms with van der Waals surface area (Å²) in [6.45, 7) is -0.0109. The quantitative estimate of drug-likeness (QED) is 0.135. The Bertz CT molecular complexity index is 5360. The summed E-state index contributed by atoms with van der Waals surface area (Å²) in [6.07, 6.45) is 0. The monoisotopic (exact) mass is 1130 g/mol. The molecule has 7 heteroatoms. The summed E-state index contributed by atoms with van der Waals surface area (Å²) < 4.78 is 4.90. The van der Waals surface area contributed by atoms with Crippen LogP contribution in [0.15, 0.2) is 322 Å². The molecule has 0 radical (unpaired) electrons. The average Bonchev–Trinajstić information content (AvgIpc) is 0.931. The molecule has 16 aromatic rings. The number of anilines is 6. The van der Waals surface area contributed by atoms with Crippen LogP contribution >= 0.6 is 0 Å². The van der Waals surface area contributed by atoms with Gasteiger partial charge in [-0.25, -0.2) is 9.97 Å². The lowest BCUT2D eigenvalue weighted by molar-refractivity contribution is 1.16. The predicted molar refractivity (Wildman–Crippen MR) is 372 cm³/mol. The Morgan fingerprint density at radius 3 is 1.30 bits per heavy atom. The van der Waals surface area contributed by atoms with Crippen LogP contribution in [-0.2, 0) is 0 Å². The molecule has 6 nitrogen and oxygen atoms in total. The molecular weight excluding hydrogens is 1080 g/mol. The molecule has 0 unspecified atom stereocenters. The molecule has 2 aliphatic heterocycles. The fourth-order valence-electron chi connectivity index (χ4n) is 14.4. The lowest BCUT2D eigenvalue weighted by atomic mass is 9.33. The Labute approximate surface area is 515 Å². The molecule has 3 aromatic heterocycles. The van der Waals surface area contributed by atoms with Gasteiger partial charge in [-0.1, -0.05) is 218 Å². The number of aromatic nitrogens is 4. The van der Waals surface area contributed by atoms with Gasteiger partial charge in [-0.15, -0.1) is 0 Å². The molecule has 0 saturated heterocycles. The van der Waals surface area contributed by atoms with E-state index in [4.69, 9.17) is 9.97 Å². The molecule has 0 N–H and O–H groups in total. The van der Waals surface area contributed by atoms with Crippen molar-refractivity contribution in [2.24, 2.45) is 0 Å². The van der Waals surface area contributed by atoms with Crippen molar-refractivity contribution in [3.8, 4) is 67.5 Å². The van der Waals surface area contributed by atoms with E-state index in [1.165, 1.54) is 66.2 Å². The second kappa shape index (κ2) is 20.4. The number of hydrogen-bond donors (Lipinski definition) is 0. The largest absolute Gasteiger partial charge is 0.311 e. The Kier molecular flexibility index (Phi) is 11.6. The molecule has 0 saturated carbocycles. The van der Waals surface area contributed by atoms with E-state index in [1.807, 2.05) is 0 Å². The van der Waals surface area contributed by atoms with Crippen LogP contribution in [0.1, 0.15) is 0 Å². The predicted octanol–water partition coefficient (Wildman–Crippen LogP) is 19.1. The minimum absolute atomic E-state index is 0.0109. The third-order valence-corrected chi connectivity index (χ3v) is 18.3. The summed E-state index contributed by atoms with van der Waals surface area (Å²) >= 11 is 0. The summed E-state index contributed by atoms with van der Waals surface area (Å²) in [6, 6.07) is 117. The number of hydrogen-bond acceptors (Lipinski definition) is 4. The van der Waals surface area contributed by atoms with Crippen molar-refractivity contribution < 1.29 is 0 Å². The van der Waals surface area contributed by atoms with Gasteiger partial charge in [0.1, 0.15) is 0 Å². The van der Waals surface area contributed by atoms with E-state index in [9.17, 15) is 0 Å². The van der Waals surface area contributed by atoms with Gasteiger partial charge in [-0.2, -0.15) is 0 Å². The van der Waals surface area contributed by atoms with Gasteiger partial charge in [-0.05, 0) is 131 Å². The highest BCUT2D eigenvalue weighted by atomic mass is 15.2. The molecule has 414 valence electrons. The van der Waals surface area contributed by atoms with E-state index in [0.29, 0.717) is 5.82 Å². The van der Waals surface area contributed by atoms with E-state index in [0.717, 1.165) is 89.6 Å². The van der Waals surface area contributed by atoms with Crippen LogP contribution in [0.2, 0.25) is 0 Å². The van der Waals surface area contributed by atoms with Crippen molar-refractivity contribution in [3.05, 3.63) is 322 Å². The van der Waals surface area contributed by atoms with E-state index in [2.05, 4.69) is 340 Å². The molecule has 18 rings (SSSR count). The number of nitrogens with zero attached hydrogens (tertiary/aromatic N) is 6. The van der Waals surface area contributed by atoms with Gasteiger partial charge >= 0.3 is 0 Å². The maximum Gasteiger partial charge on any atom is 0.252 e. The summed E-state index contributed by atoms with van der Waals surface area (Å²) in [4.78, 5) is 15.8. The molecule has 0 fully saturated rings. The van der Waals surface area contributed by atoms with Crippen LogP contribution in [0, 0.1) is 0 Å². The molecule has 0 spiro atoms. The minimum atomic E-state index is -0.0109. The minimum Gasteiger partial charge on any atom is -0.311 e. The van der Waals surface area contributed by atoms with Crippen LogP contribution in [0.3, 0.4) is 0 Å². The van der Waals surface area contributed by atoms with Gasteiger partial charge in [0.15, 0.2) is 5.82 Å². The number of para-hydroxylation sites is 7. The first-order valence-electron chi connectivity index (χ1n) is 30.5. The fraction of sp³-hybridized carbons (Fsp3) is 0. The van der Waals surface area contributed by atoms with E-state index < -0.39 is 0 Å². The number of fused-ring (bicyclic) bond motifs is 10. The molecule has 0 amide bonds. The van der Waals surface area contributed by atoms with Crippen molar-refractivity contribution in [1.29, 1.82) is 0 Å². The number of rotatable bonds is 9. The molecule has 89 heavy (non-hydrogen) atoms. The standard InChI is InChI=1S/C82H53BN6/c1-6-24-56(25-7-1)70-52-71(57-26-8-2-9-27-57)85-82(84-70)58-46-48-74(89-73-39-21-17-35-64(73)67-51-66-63-34-16-20-38-72(63)86(78(66)53-79(67)89)59-28-10-3-11-29-59)65(50-58)55-44-42-54(43-45-55)62-47-49-77-80-81(62)88(61-32-14-5-15-33-61)76-41-23-19-37-69(76)83(80)68-36-18-22-40-75(68)87(77)60-30-12-4-13-31-60/h1-53H. The Morgan fingerprint density at radius 1 is 0.258 bits per heavy atom. The van der Waals surface area contributed by atoms with Gasteiger partial charge in [0.2, 0.25) is 0 Å². The first-order chi connectivity index (χ1) is 44.2. The Balaban J connectivity index is 0.878. The summed E-state index contributed by atoms with van der Waals surface area (Å²) in [7, 11) is 0. The van der Waals surface area contributed by atoms with E-state index in [-0.39, 0.29) is 6.71 Å². The maximum atomic E-state index is 5.40. The van der Waals surface area contributed by atoms with Crippen molar-refractivity contribution in [2.45, 2.75) is 0 Å². The van der Waals surface area contributed by atoms with Crippen molar-refractivity contribution in [3.63, 3.8) is 0 Å². The summed E-state index contributed by atoms with van der Waals surface area (Å²) in [5.74, 6) is 0.654. The molecule has 0 bridgehead atoms. The topological polar surface area (TPSA) is 42.1 Å². The average molecular weight is 1130 g/mol. The maximum absolute atomic E-state index is 5.40. The van der Waals surface area contributed by atoms with Gasteiger partial charge in [0.05, 0.1) is 44.8 Å². The molecule has 13 aromatic carbocycles. The Hall–Kier alpha value is -11.8. The van der Waals surface area contributed by atoms with Gasteiger partial charge in [-0.3, -0.25) is 0 Å². The summed E-state index contributed by atoms with van der Waals surface area (Å²) in [5.41, 5.74) is 26.6. The zero-order chi connectivity index (χ0) is 58.5. The van der Waals surface area contributed by atoms with Gasteiger partial charge in [0.25, 0.3) is 6.71 Å². The van der Waals surface area contributed by atoms with Crippen molar-refractivity contribution >= 4 is 101 Å². The smallest absolute Gasteiger partial charge is 0.252 e. The lowest BCUT2D eigenvalue weighted by Crippen LogP contribution is -2.61. The van der Waals surface area contributed by atoms with Crippen LogP contribution < -0.4 is 26.2 Å². The first-order valence-corrected chi connectivity index (χ1v) is 30.5. The second-order valence-electron chi connectivity index (χ2n) is 23.2. The first kappa shape index (κ1) is 50.5. The highest BCUT2D eigenvalue weighted by Crippen LogP contribution is 2.49. The molecule has 0 atom stereocenters. The molecule has 0 aliphatic carbocycles. The summed E-state index contributed by atoms with van der Waals surface area (Å²) in [5, 5.41) is 4.82. The SMILES string of the molecule is c1ccc(-c2cc(-c3ccccc3)nc(-c3ccc(-n4c5ccccc5c5cc6c7ccccc7n(-c7ccccc7)c6cc54)c(-c4ccc(-c5ccc6c7c5N(c5ccccc5)c5ccccc5B7c5ccccc5N6c5ccccc5)cc4)c3)n2)cc1. The van der Waals surface area contributed by atoms with Crippen LogP contribution in [0.5, 0.6) is 0 Å². The fourth-order valence-corrected chi connectivity index (χ4v) is 14.4. The highest BCUT2D eigenvalue weighted by Gasteiger charge is 2.44. The Morgan fingerprint density at radius 2 is 0.708 bits per heavy atom. The second-order valence-corrected chi connectivity index (χ2v) is 23.2. The highest BCUT2D eigenvalue weighted by molar-refractivity contribution is 7.00. The zero-order valence-corrected chi connectivity index (χ0v) is 48.4. The van der Waals surface area contributed by atoms with Gasteiger partial charge < -0.3 is 18.9 Å². The molecule has 5 heterocycles. The molecular formula is C82H53BN6. The van der Waals surface area contributed by atoms with Crippen LogP contribution in [0.4, 0.5) is 34.1 Å². The zero-order valence-electron chi connectivity index (χ0n) is 48.4. The van der Waals surface area contributed by atoms with Crippen LogP contribution in [0.25, 0.3) is 111 Å². The van der Waals surface area contributed by atoms with Crippen molar-refractivity contribution in [2.75, 3.05) is 9.80 Å². The molecule has 2 aliphatic rings. The van der Waals surface area contributed by atoms with Gasteiger partial charge in [0, 0.05) is 83.5 Å². The third kappa shape index (κ3) is 8.06. The van der Waals surface area contributed by atoms with Crippen molar-refractivity contribution in [1.82, 2.24) is 19.1 Å². The van der Waals surface area contributed by atoms with E-state index in [1.54, 1.807) is 0 Å².